The number of nitrogens with zero attached hydrogens (tertiary/aromatic N) is 3. The van der Waals surface area contributed by atoms with Crippen LogP contribution in [0.5, 0.6) is 0 Å². The monoisotopic (exact) mass is 703 g/mol. The van der Waals surface area contributed by atoms with Crippen LogP contribution in [0.4, 0.5) is 5.69 Å². The van der Waals surface area contributed by atoms with Gasteiger partial charge in [-0.05, 0) is 78.1 Å². The number of amides is 1. The number of hydrogen-bond donors (Lipinski definition) is 2. The van der Waals surface area contributed by atoms with Crippen molar-refractivity contribution in [1.82, 2.24) is 19.2 Å². The van der Waals surface area contributed by atoms with Crippen LogP contribution in [0, 0.1) is 0 Å². The zero-order chi connectivity index (χ0) is 33.3. The van der Waals surface area contributed by atoms with Gasteiger partial charge in [0.15, 0.2) is 0 Å². The van der Waals surface area contributed by atoms with Crippen molar-refractivity contribution in [2.24, 2.45) is 0 Å². The number of piperazine rings is 1. The molecule has 2 N–H and O–H groups in total. The zero-order valence-corrected chi connectivity index (χ0v) is 29.3. The average Bonchev–Trinajstić information content (AvgIpc) is 3.12. The van der Waals surface area contributed by atoms with E-state index in [0.717, 1.165) is 61.3 Å². The third-order valence-corrected chi connectivity index (χ3v) is 11.8. The highest BCUT2D eigenvalue weighted by Crippen LogP contribution is 2.27. The number of carbonyl (C=O) groups excluding carboxylic acids is 1. The molecule has 0 bridgehead atoms. The van der Waals surface area contributed by atoms with Crippen LogP contribution in [-0.2, 0) is 16.8 Å². The molecule has 11 heteroatoms. The Morgan fingerprint density at radius 2 is 1.46 bits per heavy atom. The van der Waals surface area contributed by atoms with Gasteiger partial charge in [0, 0.05) is 85.3 Å². The van der Waals surface area contributed by atoms with E-state index in [0.29, 0.717) is 31.5 Å². The molecule has 0 spiro atoms. The van der Waals surface area contributed by atoms with Crippen molar-refractivity contribution in [1.29, 1.82) is 0 Å². The van der Waals surface area contributed by atoms with Gasteiger partial charge in [-0.2, -0.15) is 12.7 Å². The predicted octanol–water partition coefficient (Wildman–Crippen LogP) is 6.15. The summed E-state index contributed by atoms with van der Waals surface area (Å²) in [7, 11) is -3.92. The number of nitrogens with one attached hydrogen (secondary N) is 2. The fraction of sp³-hybridized carbons (Fsp3) is 0.324. The zero-order valence-electron chi connectivity index (χ0n) is 26.9. The second-order valence-corrected chi connectivity index (χ2v) is 15.5. The average molecular weight is 704 g/mol. The number of rotatable bonds is 12. The van der Waals surface area contributed by atoms with Gasteiger partial charge >= 0.3 is 10.2 Å². The largest absolute Gasteiger partial charge is 0.369 e. The molecule has 0 unspecified atom stereocenters. The molecule has 2 saturated heterocycles. The van der Waals surface area contributed by atoms with Crippen molar-refractivity contribution in [2.45, 2.75) is 30.3 Å². The second-order valence-electron chi connectivity index (χ2n) is 12.2. The molecule has 4 aromatic carbocycles. The van der Waals surface area contributed by atoms with E-state index in [4.69, 9.17) is 11.6 Å². The maximum Gasteiger partial charge on any atom is 0.304 e. The van der Waals surface area contributed by atoms with E-state index in [9.17, 15) is 13.2 Å². The van der Waals surface area contributed by atoms with E-state index >= 15 is 0 Å². The number of hydrogen-bond acceptors (Lipinski definition) is 7. The smallest absolute Gasteiger partial charge is 0.304 e. The van der Waals surface area contributed by atoms with Crippen molar-refractivity contribution in [3.05, 3.63) is 119 Å². The Bertz CT molecular complexity index is 1740. The lowest BCUT2D eigenvalue weighted by Crippen LogP contribution is -2.50. The summed E-state index contributed by atoms with van der Waals surface area (Å²) in [5.74, 6) is 0.345. The van der Waals surface area contributed by atoms with Crippen LogP contribution in [-0.4, -0.2) is 81.1 Å². The first kappa shape index (κ1) is 34.5. The summed E-state index contributed by atoms with van der Waals surface area (Å²) in [6.07, 6.45) is 1.42. The molecular formula is C37H42ClN5O3S2. The van der Waals surface area contributed by atoms with E-state index in [1.807, 2.05) is 42.5 Å². The molecule has 4 aromatic rings. The van der Waals surface area contributed by atoms with Gasteiger partial charge in [0.2, 0.25) is 0 Å². The Morgan fingerprint density at radius 1 is 0.792 bits per heavy atom. The standard InChI is InChI=1S/C37H42ClN5O3S2/c38-32-14-10-29(11-15-32)36-9-5-4-6-31(36)28-41-23-25-42(26-24-41)34-16-12-30(13-17-34)37(44)40-48(45,46)43-21-18-33(19-22-43)39-20-27-47-35-7-2-1-3-8-35/h1-17,33,39H,18-28H2,(H,40,44). The van der Waals surface area contributed by atoms with Crippen molar-refractivity contribution in [3.63, 3.8) is 0 Å². The van der Waals surface area contributed by atoms with Crippen LogP contribution in [0.25, 0.3) is 11.1 Å². The molecule has 0 aliphatic carbocycles. The van der Waals surface area contributed by atoms with Crippen molar-refractivity contribution in [3.8, 4) is 11.1 Å². The molecule has 0 radical (unpaired) electrons. The van der Waals surface area contributed by atoms with Gasteiger partial charge < -0.3 is 10.2 Å². The number of benzene rings is 4. The summed E-state index contributed by atoms with van der Waals surface area (Å²) in [6, 6.07) is 34.3. The quantitative estimate of drug-likeness (QED) is 0.135. The Morgan fingerprint density at radius 3 is 2.17 bits per heavy atom. The van der Waals surface area contributed by atoms with Crippen LogP contribution in [0.2, 0.25) is 5.02 Å². The van der Waals surface area contributed by atoms with Crippen LogP contribution < -0.4 is 14.9 Å². The minimum Gasteiger partial charge on any atom is -0.369 e. The van der Waals surface area contributed by atoms with E-state index in [-0.39, 0.29) is 6.04 Å². The maximum absolute atomic E-state index is 13.0. The summed E-state index contributed by atoms with van der Waals surface area (Å²) < 4.78 is 29.7. The summed E-state index contributed by atoms with van der Waals surface area (Å²) in [5.41, 5.74) is 5.01. The first-order valence-corrected chi connectivity index (χ1v) is 19.3. The fourth-order valence-electron chi connectivity index (χ4n) is 6.29. The van der Waals surface area contributed by atoms with Crippen molar-refractivity contribution in [2.75, 3.05) is 56.5 Å². The van der Waals surface area contributed by atoms with Gasteiger partial charge in [-0.25, -0.2) is 4.72 Å². The van der Waals surface area contributed by atoms with Gasteiger partial charge in [-0.3, -0.25) is 9.69 Å². The number of carbonyl (C=O) groups is 1. The Labute approximate surface area is 293 Å². The Kier molecular flexibility index (Phi) is 11.7. The first-order valence-electron chi connectivity index (χ1n) is 16.5. The van der Waals surface area contributed by atoms with E-state index < -0.39 is 16.1 Å². The molecule has 8 nitrogen and oxygen atoms in total. The molecule has 2 aliphatic rings. The van der Waals surface area contributed by atoms with E-state index in [1.165, 1.54) is 20.3 Å². The number of halogens is 1. The van der Waals surface area contributed by atoms with E-state index in [2.05, 4.69) is 68.4 Å². The van der Waals surface area contributed by atoms with Crippen LogP contribution in [0.1, 0.15) is 28.8 Å². The summed E-state index contributed by atoms with van der Waals surface area (Å²) in [6.45, 7) is 6.02. The molecule has 0 saturated carbocycles. The van der Waals surface area contributed by atoms with Gasteiger partial charge in [0.1, 0.15) is 0 Å². The summed E-state index contributed by atoms with van der Waals surface area (Å²) in [5, 5.41) is 4.28. The minimum absolute atomic E-state index is 0.267. The van der Waals surface area contributed by atoms with Crippen molar-refractivity contribution < 1.29 is 13.2 Å². The van der Waals surface area contributed by atoms with Crippen LogP contribution in [0.15, 0.2) is 108 Å². The predicted molar refractivity (Wildman–Crippen MR) is 197 cm³/mol. The maximum atomic E-state index is 13.0. The third-order valence-electron chi connectivity index (χ3n) is 9.00. The molecule has 0 aromatic heterocycles. The second kappa shape index (κ2) is 16.3. The lowest BCUT2D eigenvalue weighted by atomic mass is 9.99. The van der Waals surface area contributed by atoms with Gasteiger partial charge in [-0.15, -0.1) is 11.8 Å². The number of piperidine rings is 1. The molecule has 6 rings (SSSR count). The highest BCUT2D eigenvalue weighted by atomic mass is 35.5. The molecule has 252 valence electrons. The fourth-order valence-corrected chi connectivity index (χ4v) is 8.39. The first-order chi connectivity index (χ1) is 23.3. The SMILES string of the molecule is O=C(NS(=O)(=O)N1CCC(NCCSc2ccccc2)CC1)c1ccc(N2CCN(Cc3ccccc3-c3ccc(Cl)cc3)CC2)cc1. The molecule has 2 aliphatic heterocycles. The molecule has 0 atom stereocenters. The minimum atomic E-state index is -3.92. The summed E-state index contributed by atoms with van der Waals surface area (Å²) in [4.78, 5) is 19.0. The Balaban J connectivity index is 0.939. The molecule has 2 fully saturated rings. The lowest BCUT2D eigenvalue weighted by molar-refractivity contribution is 0.0978. The van der Waals surface area contributed by atoms with Crippen molar-refractivity contribution >= 4 is 45.2 Å². The van der Waals surface area contributed by atoms with Gasteiger partial charge in [-0.1, -0.05) is 66.2 Å². The molecule has 2 heterocycles. The van der Waals surface area contributed by atoms with Crippen LogP contribution in [0.3, 0.4) is 0 Å². The normalized spacial score (nSPS) is 16.6. The molecule has 1 amide bonds. The topological polar surface area (TPSA) is 85.0 Å². The molecule has 48 heavy (non-hydrogen) atoms. The third kappa shape index (κ3) is 9.19. The van der Waals surface area contributed by atoms with Gasteiger partial charge in [0.25, 0.3) is 5.91 Å². The van der Waals surface area contributed by atoms with Gasteiger partial charge in [0.05, 0.1) is 0 Å². The van der Waals surface area contributed by atoms with E-state index in [1.54, 1.807) is 23.9 Å². The lowest BCUT2D eigenvalue weighted by Gasteiger charge is -2.36. The van der Waals surface area contributed by atoms with Crippen LogP contribution >= 0.6 is 23.4 Å². The number of anilines is 1. The summed E-state index contributed by atoms with van der Waals surface area (Å²) >= 11 is 7.91. The highest BCUT2D eigenvalue weighted by molar-refractivity contribution is 7.99. The highest BCUT2D eigenvalue weighted by Gasteiger charge is 2.29. The number of thioether (sulfide) groups is 1. The Hall–Kier alpha value is -3.38. The molecular weight excluding hydrogens is 662 g/mol.